The second-order valence-electron chi connectivity index (χ2n) is 30.5. The molecular formula is C99H117NO16. The van der Waals surface area contributed by atoms with Gasteiger partial charge in [-0.2, -0.15) is 0 Å². The molecule has 13 unspecified atom stereocenters. The summed E-state index contributed by atoms with van der Waals surface area (Å²) in [5, 5.41) is 21.4. The summed E-state index contributed by atoms with van der Waals surface area (Å²) in [6, 6.07) is 88.5. The molecule has 5 saturated heterocycles. The van der Waals surface area contributed by atoms with Crippen LogP contribution >= 0.6 is 0 Å². The van der Waals surface area contributed by atoms with Crippen molar-refractivity contribution in [2.24, 2.45) is 0 Å². The Morgan fingerprint density at radius 1 is 0.302 bits per heavy atom. The molecule has 10 aromatic carbocycles. The molecule has 0 radical (unpaired) electrons. The quantitative estimate of drug-likeness (QED) is 0.0271. The van der Waals surface area contributed by atoms with E-state index in [1.54, 1.807) is 14.2 Å². The molecule has 0 aliphatic carbocycles. The standard InChI is InChI=1S/2C36H42O4.C15H19NO4.C12H14O4/c2*1-26(29-14-8-5-9-15-29)32-22-34(27(2)30-16-10-6-11-17-30)36(40-25-33(37)24-39-21-20-38-4)35(23-32)28(3)31-18-12-7-13-19-31;1-3-12(17-9-15-10-20-15)4-2-11(1)16(5-13-7-18-13)6-14-8-19-14;1-2-9(13-5-11-7-15-11)4-10(3-1)14-6-12-8-16-12/h2*5-19,22-23,26-28,33,37H,20-21,24-25H2,1-4H3;1-4,13-15H,5-10H2;1-4,11-12H,5-8H2. The molecule has 10 aromatic rings. The van der Waals surface area contributed by atoms with Crippen molar-refractivity contribution in [3.05, 3.63) is 322 Å². The number of methoxy groups -OCH3 is 2. The van der Waals surface area contributed by atoms with Gasteiger partial charge in [0.15, 0.2) is 0 Å². The summed E-state index contributed by atoms with van der Waals surface area (Å²) >= 11 is 0. The number of rotatable bonds is 42. The Morgan fingerprint density at radius 3 is 0.871 bits per heavy atom. The van der Waals surface area contributed by atoms with Crippen LogP contribution in [0, 0.1) is 0 Å². The molecule has 5 aliphatic rings. The van der Waals surface area contributed by atoms with Crippen molar-refractivity contribution in [1.82, 2.24) is 0 Å². The lowest BCUT2D eigenvalue weighted by Crippen LogP contribution is -2.31. The van der Waals surface area contributed by atoms with Crippen LogP contribution in [0.4, 0.5) is 5.69 Å². The molecule has 614 valence electrons. The van der Waals surface area contributed by atoms with Gasteiger partial charge in [-0.25, -0.2) is 0 Å². The van der Waals surface area contributed by atoms with E-state index in [4.69, 9.17) is 66.3 Å². The minimum Gasteiger partial charge on any atom is -0.491 e. The molecule has 17 heteroatoms. The number of epoxide rings is 5. The first-order valence-corrected chi connectivity index (χ1v) is 41.1. The monoisotopic (exact) mass is 1580 g/mol. The molecule has 15 rings (SSSR count). The molecule has 13 atom stereocenters. The van der Waals surface area contributed by atoms with E-state index >= 15 is 0 Å². The molecule has 5 aliphatic heterocycles. The third-order valence-electron chi connectivity index (χ3n) is 21.5. The van der Waals surface area contributed by atoms with E-state index in [1.165, 1.54) is 50.2 Å². The maximum Gasteiger partial charge on any atom is 0.127 e. The highest BCUT2D eigenvalue weighted by Crippen LogP contribution is 2.45. The lowest BCUT2D eigenvalue weighted by molar-refractivity contribution is -0.00449. The van der Waals surface area contributed by atoms with Crippen LogP contribution in [0.2, 0.25) is 0 Å². The van der Waals surface area contributed by atoms with Crippen molar-refractivity contribution in [1.29, 1.82) is 0 Å². The van der Waals surface area contributed by atoms with E-state index in [9.17, 15) is 10.2 Å². The molecule has 0 saturated carbocycles. The van der Waals surface area contributed by atoms with Gasteiger partial charge in [-0.3, -0.25) is 0 Å². The van der Waals surface area contributed by atoms with Gasteiger partial charge in [-0.15, -0.1) is 0 Å². The highest BCUT2D eigenvalue weighted by atomic mass is 16.6. The first kappa shape index (κ1) is 85.9. The van der Waals surface area contributed by atoms with E-state index < -0.39 is 12.2 Å². The molecular weight excluding hydrogens is 1460 g/mol. The fraction of sp³-hybridized carbons (Fsp3) is 0.394. The Labute approximate surface area is 686 Å². The Bertz CT molecular complexity index is 4070. The summed E-state index contributed by atoms with van der Waals surface area (Å²) in [6.45, 7) is 24.0. The van der Waals surface area contributed by atoms with Gasteiger partial charge >= 0.3 is 0 Å². The number of anilines is 1. The van der Waals surface area contributed by atoms with Crippen LogP contribution in [0.1, 0.15) is 144 Å². The van der Waals surface area contributed by atoms with E-state index in [0.29, 0.717) is 64.6 Å². The Kier molecular flexibility index (Phi) is 33.2. The number of aliphatic hydroxyl groups excluding tert-OH is 2. The second kappa shape index (κ2) is 44.8. The molecule has 5 heterocycles. The van der Waals surface area contributed by atoms with Gasteiger partial charge in [0.2, 0.25) is 0 Å². The van der Waals surface area contributed by atoms with Crippen LogP contribution in [0.3, 0.4) is 0 Å². The lowest BCUT2D eigenvalue weighted by Gasteiger charge is -2.27. The van der Waals surface area contributed by atoms with Crippen LogP contribution in [-0.4, -0.2) is 186 Å². The SMILES string of the molecule is COCCOCC(O)COc1c(C(C)c2ccccc2)cc(C(C)c2ccccc2)cc1C(C)c1ccccc1.COCCOCC(O)COc1c(C(C)c2ccccc2)cc(C(C)c2ccccc2)cc1C(C)c1ccccc1.c1cc(N(CC2CO2)CC2CO2)ccc1OCC1CO1.c1cc(OCC2CO2)cc(OCC2CO2)c1. The van der Waals surface area contributed by atoms with E-state index in [2.05, 4.69) is 241 Å². The average molecular weight is 1580 g/mol. The number of nitrogens with zero attached hydrogens (tertiary/aromatic N) is 1. The number of hydrogen-bond acceptors (Lipinski definition) is 17. The average Bonchev–Trinajstić information content (AvgIpc) is 1.72. The van der Waals surface area contributed by atoms with Gasteiger partial charge in [0.25, 0.3) is 0 Å². The summed E-state index contributed by atoms with van der Waals surface area (Å²) in [5.41, 5.74) is 15.6. The van der Waals surface area contributed by atoms with E-state index in [1.807, 2.05) is 60.7 Å². The third-order valence-corrected chi connectivity index (χ3v) is 21.5. The van der Waals surface area contributed by atoms with Gasteiger partial charge in [0.05, 0.1) is 84.9 Å². The summed E-state index contributed by atoms with van der Waals surface area (Å²) < 4.78 is 77.0. The zero-order valence-corrected chi connectivity index (χ0v) is 68.5. The van der Waals surface area contributed by atoms with Crippen LogP contribution in [0.15, 0.2) is 255 Å². The van der Waals surface area contributed by atoms with Crippen molar-refractivity contribution >= 4 is 5.69 Å². The second-order valence-corrected chi connectivity index (χ2v) is 30.5. The Hall–Kier alpha value is -9.44. The molecule has 0 bridgehead atoms. The van der Waals surface area contributed by atoms with Crippen molar-refractivity contribution < 1.29 is 76.5 Å². The zero-order valence-electron chi connectivity index (χ0n) is 68.5. The summed E-state index contributed by atoms with van der Waals surface area (Å²) in [7, 11) is 3.27. The Balaban J connectivity index is 0.000000152. The van der Waals surface area contributed by atoms with Gasteiger partial charge < -0.3 is 81.4 Å². The summed E-state index contributed by atoms with van der Waals surface area (Å²) in [6.07, 6.45) is 0.131. The lowest BCUT2D eigenvalue weighted by atomic mass is 9.81. The molecule has 5 fully saturated rings. The van der Waals surface area contributed by atoms with E-state index in [0.717, 1.165) is 97.1 Å². The normalized spacial score (nSPS) is 18.7. The number of aliphatic hydroxyl groups is 2. The summed E-state index contributed by atoms with van der Waals surface area (Å²) in [4.78, 5) is 2.34. The molecule has 0 amide bonds. The largest absolute Gasteiger partial charge is 0.491 e. The fourth-order valence-corrected chi connectivity index (χ4v) is 13.8. The van der Waals surface area contributed by atoms with Gasteiger partial charge in [0.1, 0.15) is 92.3 Å². The van der Waals surface area contributed by atoms with Crippen molar-refractivity contribution in [2.45, 2.75) is 120 Å². The van der Waals surface area contributed by atoms with Crippen LogP contribution in [0.25, 0.3) is 0 Å². The maximum absolute atomic E-state index is 10.7. The van der Waals surface area contributed by atoms with Gasteiger partial charge in [-0.05, 0) is 80.9 Å². The highest BCUT2D eigenvalue weighted by molar-refractivity contribution is 5.57. The molecule has 116 heavy (non-hydrogen) atoms. The minimum absolute atomic E-state index is 0.0935. The fourth-order valence-electron chi connectivity index (χ4n) is 13.8. The van der Waals surface area contributed by atoms with Crippen molar-refractivity contribution in [2.75, 3.05) is 138 Å². The van der Waals surface area contributed by atoms with Gasteiger partial charge in [-0.1, -0.05) is 254 Å². The van der Waals surface area contributed by atoms with Crippen LogP contribution in [0.5, 0.6) is 28.7 Å². The smallest absolute Gasteiger partial charge is 0.127 e. The Morgan fingerprint density at radius 2 is 0.586 bits per heavy atom. The van der Waals surface area contributed by atoms with Crippen molar-refractivity contribution in [3.8, 4) is 28.7 Å². The first-order chi connectivity index (χ1) is 56.7. The predicted octanol–water partition coefficient (Wildman–Crippen LogP) is 17.4. The molecule has 17 nitrogen and oxygen atoms in total. The topological polar surface area (TPSA) is 189 Å². The molecule has 0 spiro atoms. The predicted molar refractivity (Wildman–Crippen MR) is 455 cm³/mol. The van der Waals surface area contributed by atoms with E-state index in [-0.39, 0.29) is 74.1 Å². The molecule has 2 N–H and O–H groups in total. The minimum atomic E-state index is -0.750. The number of benzene rings is 10. The van der Waals surface area contributed by atoms with Crippen molar-refractivity contribution in [3.63, 3.8) is 0 Å². The summed E-state index contributed by atoms with van der Waals surface area (Å²) in [5.74, 6) is 5.01. The number of hydrogen-bond donors (Lipinski definition) is 2. The van der Waals surface area contributed by atoms with Crippen LogP contribution in [-0.2, 0) is 42.6 Å². The van der Waals surface area contributed by atoms with Crippen LogP contribution < -0.4 is 28.6 Å². The maximum atomic E-state index is 10.7. The third kappa shape index (κ3) is 27.3. The molecule has 0 aromatic heterocycles. The zero-order chi connectivity index (χ0) is 80.8. The van der Waals surface area contributed by atoms with Gasteiger partial charge in [0, 0.05) is 96.8 Å². The number of ether oxygens (including phenoxy) is 14. The highest BCUT2D eigenvalue weighted by Gasteiger charge is 2.33. The first-order valence-electron chi connectivity index (χ1n) is 41.1.